The van der Waals surface area contributed by atoms with Gasteiger partial charge in [0.15, 0.2) is 0 Å². The van der Waals surface area contributed by atoms with Crippen LogP contribution in [0.25, 0.3) is 0 Å². The average Bonchev–Trinajstić information content (AvgIpc) is 2.67. The van der Waals surface area contributed by atoms with Gasteiger partial charge in [0, 0.05) is 24.7 Å². The van der Waals surface area contributed by atoms with E-state index in [1.807, 2.05) is 35.2 Å². The topological polar surface area (TPSA) is 59.0 Å². The van der Waals surface area contributed by atoms with Gasteiger partial charge in [0.2, 0.25) is 0 Å². The standard InChI is InChI=1S/C21H26ClNO4/c1-2-26-21(25)12-13-23(14-17-6-4-3-5-7-17)15-19(24)16-27-20-10-8-18(22)9-11-20/h3-11,19,24H,2,12-16H2,1H3. The van der Waals surface area contributed by atoms with Crippen molar-refractivity contribution in [1.82, 2.24) is 4.90 Å². The molecule has 0 heterocycles. The van der Waals surface area contributed by atoms with Crippen molar-refractivity contribution in [3.8, 4) is 5.75 Å². The average molecular weight is 392 g/mol. The van der Waals surface area contributed by atoms with Crippen molar-refractivity contribution in [3.63, 3.8) is 0 Å². The zero-order chi connectivity index (χ0) is 19.5. The number of ether oxygens (including phenoxy) is 2. The van der Waals surface area contributed by atoms with Crippen LogP contribution in [0.4, 0.5) is 0 Å². The fraction of sp³-hybridized carbons (Fsp3) is 0.381. The predicted molar refractivity (Wildman–Crippen MR) is 106 cm³/mol. The second kappa shape index (κ2) is 11.6. The number of esters is 1. The van der Waals surface area contributed by atoms with Crippen LogP contribution < -0.4 is 4.74 Å². The van der Waals surface area contributed by atoms with E-state index in [-0.39, 0.29) is 19.0 Å². The summed E-state index contributed by atoms with van der Waals surface area (Å²) in [6, 6.07) is 16.9. The van der Waals surface area contributed by atoms with Crippen molar-refractivity contribution < 1.29 is 19.4 Å². The van der Waals surface area contributed by atoms with Gasteiger partial charge in [-0.05, 0) is 36.8 Å². The zero-order valence-electron chi connectivity index (χ0n) is 15.5. The van der Waals surface area contributed by atoms with E-state index in [1.54, 1.807) is 31.2 Å². The Morgan fingerprint density at radius 3 is 2.52 bits per heavy atom. The SMILES string of the molecule is CCOC(=O)CCN(Cc1ccccc1)CC(O)COc1ccc(Cl)cc1. The van der Waals surface area contributed by atoms with Gasteiger partial charge in [-0.15, -0.1) is 0 Å². The summed E-state index contributed by atoms with van der Waals surface area (Å²) >= 11 is 5.85. The van der Waals surface area contributed by atoms with Crippen molar-refractivity contribution >= 4 is 17.6 Å². The van der Waals surface area contributed by atoms with Gasteiger partial charge in [0.1, 0.15) is 18.5 Å². The molecule has 0 radical (unpaired) electrons. The third kappa shape index (κ3) is 8.43. The summed E-state index contributed by atoms with van der Waals surface area (Å²) in [5.41, 5.74) is 1.12. The van der Waals surface area contributed by atoms with E-state index in [1.165, 1.54) is 0 Å². The molecule has 1 atom stereocenters. The van der Waals surface area contributed by atoms with Gasteiger partial charge < -0.3 is 14.6 Å². The maximum atomic E-state index is 11.7. The summed E-state index contributed by atoms with van der Waals surface area (Å²) in [5, 5.41) is 11.0. The summed E-state index contributed by atoms with van der Waals surface area (Å²) in [5.74, 6) is 0.419. The molecule has 0 amide bonds. The number of carbonyl (C=O) groups excluding carboxylic acids is 1. The lowest BCUT2D eigenvalue weighted by atomic mass is 10.2. The quantitative estimate of drug-likeness (QED) is 0.594. The largest absolute Gasteiger partial charge is 0.491 e. The molecule has 0 aliphatic heterocycles. The van der Waals surface area contributed by atoms with Crippen LogP contribution in [0.2, 0.25) is 5.02 Å². The van der Waals surface area contributed by atoms with Crippen LogP contribution in [0.5, 0.6) is 5.75 Å². The van der Waals surface area contributed by atoms with Crippen molar-refractivity contribution in [2.75, 3.05) is 26.3 Å². The smallest absolute Gasteiger partial charge is 0.307 e. The number of nitrogens with zero attached hydrogens (tertiary/aromatic N) is 1. The molecule has 2 aromatic carbocycles. The number of hydrogen-bond acceptors (Lipinski definition) is 5. The molecule has 5 nitrogen and oxygen atoms in total. The van der Waals surface area contributed by atoms with Gasteiger partial charge in [-0.3, -0.25) is 9.69 Å². The summed E-state index contributed by atoms with van der Waals surface area (Å²) in [7, 11) is 0. The number of benzene rings is 2. The van der Waals surface area contributed by atoms with Gasteiger partial charge in [-0.1, -0.05) is 41.9 Å². The molecule has 1 unspecified atom stereocenters. The first-order valence-corrected chi connectivity index (χ1v) is 9.43. The number of halogens is 1. The Hall–Kier alpha value is -2.08. The number of hydrogen-bond donors (Lipinski definition) is 1. The molecular formula is C21H26ClNO4. The minimum absolute atomic E-state index is 0.159. The molecule has 0 aromatic heterocycles. The molecule has 0 aliphatic rings. The van der Waals surface area contributed by atoms with Crippen molar-refractivity contribution in [3.05, 3.63) is 65.2 Å². The van der Waals surface area contributed by atoms with Crippen LogP contribution in [0, 0.1) is 0 Å². The first-order valence-electron chi connectivity index (χ1n) is 9.05. The van der Waals surface area contributed by atoms with Gasteiger partial charge in [-0.2, -0.15) is 0 Å². The molecule has 0 aliphatic carbocycles. The minimum Gasteiger partial charge on any atom is -0.491 e. The molecular weight excluding hydrogens is 366 g/mol. The Balaban J connectivity index is 1.88. The normalized spacial score (nSPS) is 12.0. The molecule has 2 aromatic rings. The van der Waals surface area contributed by atoms with Gasteiger partial charge in [0.25, 0.3) is 0 Å². The molecule has 0 fully saturated rings. The maximum Gasteiger partial charge on any atom is 0.307 e. The third-order valence-electron chi connectivity index (χ3n) is 3.91. The fourth-order valence-corrected chi connectivity index (χ4v) is 2.76. The summed E-state index contributed by atoms with van der Waals surface area (Å²) < 4.78 is 10.6. The molecule has 0 bridgehead atoms. The lowest BCUT2D eigenvalue weighted by Gasteiger charge is -2.25. The lowest BCUT2D eigenvalue weighted by Crippen LogP contribution is -2.36. The van der Waals surface area contributed by atoms with Crippen molar-refractivity contribution in [1.29, 1.82) is 0 Å². The number of aliphatic hydroxyl groups excluding tert-OH is 1. The van der Waals surface area contributed by atoms with E-state index in [4.69, 9.17) is 21.1 Å². The van der Waals surface area contributed by atoms with Crippen LogP contribution in [0.3, 0.4) is 0 Å². The van der Waals surface area contributed by atoms with Crippen molar-refractivity contribution in [2.24, 2.45) is 0 Å². The van der Waals surface area contributed by atoms with Gasteiger partial charge in [0.05, 0.1) is 13.0 Å². The Bertz CT molecular complexity index is 678. The number of rotatable bonds is 11. The summed E-state index contributed by atoms with van der Waals surface area (Å²) in [4.78, 5) is 13.7. The molecule has 2 rings (SSSR count). The molecule has 6 heteroatoms. The molecule has 27 heavy (non-hydrogen) atoms. The maximum absolute atomic E-state index is 11.7. The highest BCUT2D eigenvalue weighted by Gasteiger charge is 2.15. The van der Waals surface area contributed by atoms with Crippen LogP contribution in [0.1, 0.15) is 18.9 Å². The molecule has 146 valence electrons. The second-order valence-electron chi connectivity index (χ2n) is 6.19. The summed E-state index contributed by atoms with van der Waals surface area (Å²) in [6.07, 6.45) is -0.405. The minimum atomic E-state index is -0.688. The highest BCUT2D eigenvalue weighted by Crippen LogP contribution is 2.16. The fourth-order valence-electron chi connectivity index (χ4n) is 2.63. The monoisotopic (exact) mass is 391 g/mol. The number of carbonyl (C=O) groups is 1. The predicted octanol–water partition coefficient (Wildman–Crippen LogP) is 3.54. The first-order chi connectivity index (χ1) is 13.1. The van der Waals surface area contributed by atoms with E-state index < -0.39 is 6.10 Å². The van der Waals surface area contributed by atoms with E-state index in [0.29, 0.717) is 37.0 Å². The third-order valence-corrected chi connectivity index (χ3v) is 4.16. The number of aliphatic hydroxyl groups is 1. The van der Waals surface area contributed by atoms with Gasteiger partial charge >= 0.3 is 5.97 Å². The molecule has 0 saturated heterocycles. The van der Waals surface area contributed by atoms with Gasteiger partial charge in [-0.25, -0.2) is 0 Å². The molecule has 0 spiro atoms. The Morgan fingerprint density at radius 2 is 1.85 bits per heavy atom. The van der Waals surface area contributed by atoms with E-state index in [2.05, 4.69) is 0 Å². The van der Waals surface area contributed by atoms with Crippen LogP contribution in [-0.2, 0) is 16.1 Å². The highest BCUT2D eigenvalue weighted by atomic mass is 35.5. The first kappa shape index (κ1) is 21.2. The highest BCUT2D eigenvalue weighted by molar-refractivity contribution is 6.30. The second-order valence-corrected chi connectivity index (χ2v) is 6.63. The van der Waals surface area contributed by atoms with Crippen LogP contribution >= 0.6 is 11.6 Å². The van der Waals surface area contributed by atoms with E-state index in [9.17, 15) is 9.90 Å². The van der Waals surface area contributed by atoms with Crippen LogP contribution in [-0.4, -0.2) is 48.4 Å². The van der Waals surface area contributed by atoms with E-state index in [0.717, 1.165) is 5.56 Å². The molecule has 1 N–H and O–H groups in total. The van der Waals surface area contributed by atoms with E-state index >= 15 is 0 Å². The van der Waals surface area contributed by atoms with Crippen LogP contribution in [0.15, 0.2) is 54.6 Å². The Kier molecular flexibility index (Phi) is 9.11. The molecule has 0 saturated carbocycles. The Morgan fingerprint density at radius 1 is 1.15 bits per heavy atom. The van der Waals surface area contributed by atoms with Crippen molar-refractivity contribution in [2.45, 2.75) is 26.0 Å². The summed E-state index contributed by atoms with van der Waals surface area (Å²) in [6.45, 7) is 3.85. The zero-order valence-corrected chi connectivity index (χ0v) is 16.3. The lowest BCUT2D eigenvalue weighted by molar-refractivity contribution is -0.143. The Labute approximate surface area is 165 Å².